The number of alkyl halides is 3. The Balaban J connectivity index is 1.87. The van der Waals surface area contributed by atoms with Gasteiger partial charge in [-0.25, -0.2) is 0 Å². The molecule has 1 heterocycles. The molecule has 2 aromatic carbocycles. The topological polar surface area (TPSA) is 108 Å². The molecule has 2 amide bonds. The molecule has 0 bridgehead atoms. The minimum absolute atomic E-state index is 0.0368. The molecule has 0 saturated carbocycles. The van der Waals surface area contributed by atoms with E-state index < -0.39 is 52.8 Å². The lowest BCUT2D eigenvalue weighted by molar-refractivity contribution is -0.150. The van der Waals surface area contributed by atoms with Crippen molar-refractivity contribution in [2.24, 2.45) is 5.92 Å². The number of benzene rings is 2. The van der Waals surface area contributed by atoms with E-state index in [9.17, 15) is 32.8 Å². The molecule has 0 aromatic heterocycles. The predicted molar refractivity (Wildman–Crippen MR) is 118 cm³/mol. The first-order valence-corrected chi connectivity index (χ1v) is 10.8. The highest BCUT2D eigenvalue weighted by Crippen LogP contribution is 2.40. The van der Waals surface area contributed by atoms with Crippen LogP contribution < -0.4 is 10.6 Å². The van der Waals surface area contributed by atoms with Gasteiger partial charge in [0.05, 0.1) is 40.8 Å². The summed E-state index contributed by atoms with van der Waals surface area (Å²) in [6, 6.07) is 14.9. The molecule has 2 aromatic rings. The first kappa shape index (κ1) is 24.9. The van der Waals surface area contributed by atoms with Crippen LogP contribution in [0.1, 0.15) is 17.0 Å². The number of nitriles is 1. The summed E-state index contributed by atoms with van der Waals surface area (Å²) < 4.78 is 44.2. The van der Waals surface area contributed by atoms with Crippen LogP contribution >= 0.6 is 11.8 Å². The fraction of sp³-hybridized carbons (Fsp3) is 0.217. The third kappa shape index (κ3) is 5.40. The van der Waals surface area contributed by atoms with Crippen molar-refractivity contribution in [3.63, 3.8) is 0 Å². The summed E-state index contributed by atoms with van der Waals surface area (Å²) in [7, 11) is 1.13. The Bertz CT molecular complexity index is 1180. The second kappa shape index (κ2) is 10.4. The molecule has 0 unspecified atom stereocenters. The number of nitrogens with one attached hydrogen (secondary N) is 2. The van der Waals surface area contributed by atoms with Crippen molar-refractivity contribution in [1.29, 1.82) is 5.26 Å². The molecule has 34 heavy (non-hydrogen) atoms. The van der Waals surface area contributed by atoms with Crippen LogP contribution in [-0.2, 0) is 25.3 Å². The maximum Gasteiger partial charge on any atom is 0.418 e. The van der Waals surface area contributed by atoms with Crippen molar-refractivity contribution < 1.29 is 32.3 Å². The lowest BCUT2D eigenvalue weighted by Gasteiger charge is -2.30. The number of halogens is 3. The first-order valence-electron chi connectivity index (χ1n) is 9.84. The maximum atomic E-state index is 13.2. The van der Waals surface area contributed by atoms with Crippen molar-refractivity contribution in [3.8, 4) is 6.07 Å². The molecule has 3 rings (SSSR count). The van der Waals surface area contributed by atoms with Crippen molar-refractivity contribution in [1.82, 2.24) is 5.32 Å². The van der Waals surface area contributed by atoms with E-state index in [4.69, 9.17) is 4.74 Å². The summed E-state index contributed by atoms with van der Waals surface area (Å²) in [6.45, 7) is 0. The fourth-order valence-corrected chi connectivity index (χ4v) is 4.35. The van der Waals surface area contributed by atoms with Crippen LogP contribution in [0.25, 0.3) is 0 Å². The van der Waals surface area contributed by atoms with Gasteiger partial charge in [-0.1, -0.05) is 54.2 Å². The average molecular weight is 489 g/mol. The van der Waals surface area contributed by atoms with Gasteiger partial charge >= 0.3 is 12.1 Å². The normalized spacial score (nSPS) is 18.0. The minimum atomic E-state index is -4.66. The van der Waals surface area contributed by atoms with Gasteiger partial charge in [-0.05, 0) is 17.7 Å². The number of carbonyl (C=O) groups excluding carboxylic acids is 3. The van der Waals surface area contributed by atoms with E-state index in [0.29, 0.717) is 5.56 Å². The van der Waals surface area contributed by atoms with Crippen LogP contribution in [0.2, 0.25) is 0 Å². The van der Waals surface area contributed by atoms with Gasteiger partial charge in [-0.3, -0.25) is 14.4 Å². The smallest absolute Gasteiger partial charge is 0.418 e. The summed E-state index contributed by atoms with van der Waals surface area (Å²) in [5.41, 5.74) is -0.849. The Morgan fingerprint density at radius 3 is 2.41 bits per heavy atom. The zero-order chi connectivity index (χ0) is 24.9. The van der Waals surface area contributed by atoms with Crippen molar-refractivity contribution in [2.75, 3.05) is 18.2 Å². The standard InChI is InChI=1S/C23H18F3N3O4S/c1-33-22(32)19-18(13-7-3-2-4-8-13)14(11-27)21(29-20(19)31)34-12-17(30)28-16-10-6-5-9-15(16)23(24,25)26/h2-10,18-19H,12H2,1H3,(H,28,30)(H,29,31)/t18-,19-/m0/s1. The lowest BCUT2D eigenvalue weighted by atomic mass is 9.78. The zero-order valence-corrected chi connectivity index (χ0v) is 18.5. The Morgan fingerprint density at radius 1 is 1.15 bits per heavy atom. The lowest BCUT2D eigenvalue weighted by Crippen LogP contribution is -2.44. The summed E-state index contributed by atoms with van der Waals surface area (Å²) in [5.74, 6) is -4.98. The van der Waals surface area contributed by atoms with Gasteiger partial charge in [0.2, 0.25) is 11.8 Å². The number of nitrogens with zero attached hydrogens (tertiary/aromatic N) is 1. The largest absolute Gasteiger partial charge is 0.468 e. The van der Waals surface area contributed by atoms with Gasteiger partial charge < -0.3 is 15.4 Å². The quantitative estimate of drug-likeness (QED) is 0.472. The second-order valence-corrected chi connectivity index (χ2v) is 8.10. The summed E-state index contributed by atoms with van der Waals surface area (Å²) in [5, 5.41) is 14.5. The highest BCUT2D eigenvalue weighted by Gasteiger charge is 2.44. The minimum Gasteiger partial charge on any atom is -0.468 e. The van der Waals surface area contributed by atoms with Crippen molar-refractivity contribution in [3.05, 3.63) is 76.3 Å². The number of ether oxygens (including phenoxy) is 1. The maximum absolute atomic E-state index is 13.2. The summed E-state index contributed by atoms with van der Waals surface area (Å²) in [4.78, 5) is 37.5. The molecule has 0 saturated heterocycles. The van der Waals surface area contributed by atoms with Crippen molar-refractivity contribution >= 4 is 35.2 Å². The molecule has 0 spiro atoms. The number of carbonyl (C=O) groups is 3. The highest BCUT2D eigenvalue weighted by atomic mass is 32.2. The number of rotatable bonds is 6. The first-order chi connectivity index (χ1) is 16.2. The number of methoxy groups -OCH3 is 1. The van der Waals surface area contributed by atoms with E-state index >= 15 is 0 Å². The number of anilines is 1. The average Bonchev–Trinajstić information content (AvgIpc) is 2.82. The molecular formula is C23H18F3N3O4S. The monoisotopic (exact) mass is 489 g/mol. The number of hydrogen-bond acceptors (Lipinski definition) is 6. The van der Waals surface area contributed by atoms with Crippen LogP contribution in [0, 0.1) is 17.2 Å². The molecular weight excluding hydrogens is 471 g/mol. The van der Waals surface area contributed by atoms with Gasteiger partial charge in [0, 0.05) is 5.92 Å². The summed E-state index contributed by atoms with van der Waals surface area (Å²) in [6.07, 6.45) is -4.66. The van der Waals surface area contributed by atoms with Gasteiger partial charge in [0.25, 0.3) is 0 Å². The second-order valence-electron chi connectivity index (χ2n) is 7.11. The number of para-hydroxylation sites is 1. The van der Waals surface area contributed by atoms with E-state index in [1.807, 2.05) is 6.07 Å². The Morgan fingerprint density at radius 2 is 1.79 bits per heavy atom. The Labute approximate surface area is 197 Å². The van der Waals surface area contributed by atoms with Gasteiger partial charge in [-0.2, -0.15) is 18.4 Å². The molecule has 0 fully saturated rings. The molecule has 176 valence electrons. The summed E-state index contributed by atoms with van der Waals surface area (Å²) >= 11 is 0.774. The van der Waals surface area contributed by atoms with Crippen LogP contribution in [-0.4, -0.2) is 30.6 Å². The van der Waals surface area contributed by atoms with Gasteiger partial charge in [0.15, 0.2) is 0 Å². The van der Waals surface area contributed by atoms with Crippen LogP contribution in [0.15, 0.2) is 65.2 Å². The van der Waals surface area contributed by atoms with E-state index in [2.05, 4.69) is 10.6 Å². The molecule has 7 nitrogen and oxygen atoms in total. The SMILES string of the molecule is COC(=O)[C@@H]1C(=O)NC(SCC(=O)Nc2ccccc2C(F)(F)F)=C(C#N)[C@@H]1c1ccccc1. The number of esters is 1. The van der Waals surface area contributed by atoms with Crippen LogP contribution in [0.5, 0.6) is 0 Å². The molecule has 0 radical (unpaired) electrons. The van der Waals surface area contributed by atoms with Crippen molar-refractivity contribution in [2.45, 2.75) is 12.1 Å². The number of thioether (sulfide) groups is 1. The van der Waals surface area contributed by atoms with Crippen LogP contribution in [0.3, 0.4) is 0 Å². The highest BCUT2D eigenvalue weighted by molar-refractivity contribution is 8.03. The predicted octanol–water partition coefficient (Wildman–Crippen LogP) is 3.82. The Hall–Kier alpha value is -3.78. The van der Waals surface area contributed by atoms with E-state index in [-0.39, 0.29) is 10.6 Å². The fourth-order valence-electron chi connectivity index (χ4n) is 3.50. The molecule has 2 N–H and O–H groups in total. The third-order valence-electron chi connectivity index (χ3n) is 5.00. The molecule has 11 heteroatoms. The van der Waals surface area contributed by atoms with Gasteiger partial charge in [-0.15, -0.1) is 0 Å². The third-order valence-corrected chi connectivity index (χ3v) is 6.01. The van der Waals surface area contributed by atoms with Crippen LogP contribution in [0.4, 0.5) is 18.9 Å². The number of allylic oxidation sites excluding steroid dienone is 1. The number of amides is 2. The van der Waals surface area contributed by atoms with E-state index in [1.54, 1.807) is 30.3 Å². The molecule has 0 aliphatic carbocycles. The molecule has 1 aliphatic heterocycles. The van der Waals surface area contributed by atoms with E-state index in [0.717, 1.165) is 31.0 Å². The Kier molecular flexibility index (Phi) is 7.63. The molecule has 1 aliphatic rings. The van der Waals surface area contributed by atoms with Gasteiger partial charge in [0.1, 0.15) is 5.92 Å². The molecule has 2 atom stereocenters. The van der Waals surface area contributed by atoms with E-state index in [1.165, 1.54) is 12.1 Å². The number of hydrogen-bond donors (Lipinski definition) is 2. The zero-order valence-electron chi connectivity index (χ0n) is 17.7.